The normalized spacial score (nSPS) is 35.1. The van der Waals surface area contributed by atoms with Crippen molar-refractivity contribution in [2.75, 3.05) is 0 Å². The molecule has 0 atom stereocenters. The molecule has 3 aliphatic rings. The van der Waals surface area contributed by atoms with E-state index in [4.69, 9.17) is 5.11 Å². The van der Waals surface area contributed by atoms with Crippen LogP contribution < -0.4 is 0 Å². The summed E-state index contributed by atoms with van der Waals surface area (Å²) in [6.45, 7) is 0. The van der Waals surface area contributed by atoms with Crippen LogP contribution in [-0.4, -0.2) is 11.1 Å². The smallest absolute Gasteiger partial charge is 0.309 e. The van der Waals surface area contributed by atoms with Gasteiger partial charge in [-0.05, 0) is 42.7 Å². The molecule has 16 heavy (non-hydrogen) atoms. The second-order valence-corrected chi connectivity index (χ2v) is 5.38. The van der Waals surface area contributed by atoms with Crippen molar-refractivity contribution in [3.63, 3.8) is 0 Å². The first-order valence-electron chi connectivity index (χ1n) is 5.52. The van der Waals surface area contributed by atoms with Crippen molar-refractivity contribution in [2.24, 2.45) is 10.8 Å². The number of rotatable bonds is 3. The van der Waals surface area contributed by atoms with E-state index in [1.54, 1.807) is 12.1 Å². The molecule has 84 valence electrons. The van der Waals surface area contributed by atoms with Crippen LogP contribution in [0.2, 0.25) is 0 Å². The largest absolute Gasteiger partial charge is 0.481 e. The van der Waals surface area contributed by atoms with Crippen LogP contribution in [0.25, 0.3) is 0 Å². The van der Waals surface area contributed by atoms with Crippen LogP contribution in [0.15, 0.2) is 24.3 Å². The van der Waals surface area contributed by atoms with Crippen molar-refractivity contribution in [3.8, 4) is 0 Å². The zero-order chi connectivity index (χ0) is 11.4. The average molecular weight is 220 g/mol. The number of aliphatic carboxylic acids is 1. The third kappa shape index (κ3) is 1.14. The van der Waals surface area contributed by atoms with Crippen LogP contribution in [-0.2, 0) is 11.2 Å². The Labute approximate surface area is 93.1 Å². The van der Waals surface area contributed by atoms with Gasteiger partial charge in [0.1, 0.15) is 5.82 Å². The summed E-state index contributed by atoms with van der Waals surface area (Å²) in [7, 11) is 0. The number of carbonyl (C=O) groups is 1. The molecule has 3 heteroatoms. The third-order valence-corrected chi connectivity index (χ3v) is 4.12. The highest BCUT2D eigenvalue weighted by atomic mass is 19.1. The number of carboxylic acids is 1. The Hall–Kier alpha value is -1.38. The van der Waals surface area contributed by atoms with E-state index >= 15 is 0 Å². The Morgan fingerprint density at radius 1 is 1.31 bits per heavy atom. The van der Waals surface area contributed by atoms with E-state index in [0.717, 1.165) is 24.8 Å². The van der Waals surface area contributed by atoms with Gasteiger partial charge in [0, 0.05) is 0 Å². The predicted octanol–water partition coefficient (Wildman–Crippen LogP) is 2.62. The summed E-state index contributed by atoms with van der Waals surface area (Å²) in [6, 6.07) is 6.77. The Balaban J connectivity index is 1.72. The van der Waals surface area contributed by atoms with Gasteiger partial charge in [-0.3, -0.25) is 4.79 Å². The monoisotopic (exact) mass is 220 g/mol. The fraction of sp³-hybridized carbons (Fsp3) is 0.462. The average Bonchev–Trinajstić information content (AvgIpc) is 2.10. The maximum atomic E-state index is 13.4. The highest BCUT2D eigenvalue weighted by Crippen LogP contribution is 2.74. The Morgan fingerprint density at radius 2 is 1.94 bits per heavy atom. The van der Waals surface area contributed by atoms with Gasteiger partial charge in [-0.15, -0.1) is 0 Å². The molecule has 0 amide bonds. The summed E-state index contributed by atoms with van der Waals surface area (Å²) < 4.78 is 13.4. The Morgan fingerprint density at radius 3 is 2.50 bits per heavy atom. The molecule has 0 aromatic heterocycles. The molecule has 3 fully saturated rings. The zero-order valence-electron chi connectivity index (χ0n) is 8.87. The summed E-state index contributed by atoms with van der Waals surface area (Å²) in [6.07, 6.45) is 2.87. The minimum atomic E-state index is -0.678. The lowest BCUT2D eigenvalue weighted by Crippen LogP contribution is -2.66. The summed E-state index contributed by atoms with van der Waals surface area (Å²) in [5.74, 6) is -0.848. The van der Waals surface area contributed by atoms with Gasteiger partial charge in [-0.25, -0.2) is 4.39 Å². The lowest BCUT2D eigenvalue weighted by Gasteiger charge is -2.68. The van der Waals surface area contributed by atoms with Crippen LogP contribution in [0.3, 0.4) is 0 Å². The molecule has 2 nitrogen and oxygen atoms in total. The van der Waals surface area contributed by atoms with E-state index in [1.165, 1.54) is 6.07 Å². The van der Waals surface area contributed by atoms with Crippen LogP contribution in [0.5, 0.6) is 0 Å². The summed E-state index contributed by atoms with van der Waals surface area (Å²) in [5.41, 5.74) is 0.354. The second-order valence-electron chi connectivity index (χ2n) is 5.38. The maximum absolute atomic E-state index is 13.4. The van der Waals surface area contributed by atoms with Crippen LogP contribution in [0.4, 0.5) is 4.39 Å². The molecular formula is C13H13FO2. The van der Waals surface area contributed by atoms with Crippen LogP contribution in [0, 0.1) is 16.6 Å². The molecule has 4 rings (SSSR count). The molecule has 3 saturated carbocycles. The van der Waals surface area contributed by atoms with E-state index in [1.807, 2.05) is 6.07 Å². The van der Waals surface area contributed by atoms with Gasteiger partial charge in [-0.1, -0.05) is 18.2 Å². The first-order chi connectivity index (χ1) is 7.55. The highest BCUT2D eigenvalue weighted by molar-refractivity contribution is 5.79. The minimum absolute atomic E-state index is 0.0839. The van der Waals surface area contributed by atoms with Crippen LogP contribution in [0.1, 0.15) is 24.8 Å². The Kier molecular flexibility index (Phi) is 1.74. The standard InChI is InChI=1S/C13H13FO2/c14-10-4-2-1-3-9(10)5-12-6-13(7-12,8-12)11(15)16/h1-4H,5-8H2,(H,15,16). The molecule has 0 radical (unpaired) electrons. The highest BCUT2D eigenvalue weighted by Gasteiger charge is 2.71. The molecule has 1 aromatic rings. The quantitative estimate of drug-likeness (QED) is 0.850. The molecular weight excluding hydrogens is 207 g/mol. The predicted molar refractivity (Wildman–Crippen MR) is 56.5 cm³/mol. The SMILES string of the molecule is O=C(O)C12CC(Cc3ccccc3F)(C1)C2. The number of halogens is 1. The lowest BCUT2D eigenvalue weighted by atomic mass is 9.34. The van der Waals surface area contributed by atoms with Gasteiger partial charge in [0.25, 0.3) is 0 Å². The van der Waals surface area contributed by atoms with Gasteiger partial charge in [-0.2, -0.15) is 0 Å². The van der Waals surface area contributed by atoms with Gasteiger partial charge in [0.15, 0.2) is 0 Å². The molecule has 0 aliphatic heterocycles. The number of benzene rings is 1. The van der Waals surface area contributed by atoms with Crippen LogP contribution >= 0.6 is 0 Å². The number of hydrogen-bond donors (Lipinski definition) is 1. The van der Waals surface area contributed by atoms with Crippen molar-refractivity contribution >= 4 is 5.97 Å². The Bertz CT molecular complexity index is 447. The number of hydrogen-bond acceptors (Lipinski definition) is 1. The van der Waals surface area contributed by atoms with Crippen molar-refractivity contribution in [2.45, 2.75) is 25.7 Å². The molecule has 1 N–H and O–H groups in total. The molecule has 3 aliphatic carbocycles. The maximum Gasteiger partial charge on any atom is 0.309 e. The van der Waals surface area contributed by atoms with Gasteiger partial charge >= 0.3 is 5.97 Å². The topological polar surface area (TPSA) is 37.3 Å². The van der Waals surface area contributed by atoms with Crippen molar-refractivity contribution in [1.29, 1.82) is 0 Å². The van der Waals surface area contributed by atoms with Crippen molar-refractivity contribution in [1.82, 2.24) is 0 Å². The molecule has 1 aromatic carbocycles. The number of carboxylic acid groups (broad SMARTS) is 1. The van der Waals surface area contributed by atoms with E-state index in [0.29, 0.717) is 6.42 Å². The van der Waals surface area contributed by atoms with E-state index in [-0.39, 0.29) is 11.2 Å². The van der Waals surface area contributed by atoms with Crippen molar-refractivity contribution in [3.05, 3.63) is 35.6 Å². The second kappa shape index (κ2) is 2.84. The molecule has 0 saturated heterocycles. The fourth-order valence-corrected chi connectivity index (χ4v) is 3.46. The molecule has 0 unspecified atom stereocenters. The minimum Gasteiger partial charge on any atom is -0.481 e. The summed E-state index contributed by atoms with van der Waals surface area (Å²) in [5, 5.41) is 8.99. The van der Waals surface area contributed by atoms with E-state index < -0.39 is 11.4 Å². The first-order valence-corrected chi connectivity index (χ1v) is 5.52. The van der Waals surface area contributed by atoms with Crippen molar-refractivity contribution < 1.29 is 14.3 Å². The fourth-order valence-electron chi connectivity index (χ4n) is 3.46. The lowest BCUT2D eigenvalue weighted by molar-refractivity contribution is -0.222. The van der Waals surface area contributed by atoms with E-state index in [2.05, 4.69) is 0 Å². The van der Waals surface area contributed by atoms with Gasteiger partial charge < -0.3 is 5.11 Å². The first kappa shape index (κ1) is 9.82. The summed E-state index contributed by atoms with van der Waals surface area (Å²) in [4.78, 5) is 10.9. The zero-order valence-corrected chi connectivity index (χ0v) is 8.87. The molecule has 0 spiro atoms. The van der Waals surface area contributed by atoms with E-state index in [9.17, 15) is 9.18 Å². The third-order valence-electron chi connectivity index (χ3n) is 4.12. The summed E-state index contributed by atoms with van der Waals surface area (Å²) >= 11 is 0. The molecule has 2 bridgehead atoms. The molecule has 0 heterocycles. The van der Waals surface area contributed by atoms with Gasteiger partial charge in [0.2, 0.25) is 0 Å². The van der Waals surface area contributed by atoms with Gasteiger partial charge in [0.05, 0.1) is 5.41 Å².